The summed E-state index contributed by atoms with van der Waals surface area (Å²) in [4.78, 5) is 2.51. The summed E-state index contributed by atoms with van der Waals surface area (Å²) in [6, 6.07) is 3.03. The number of hydrogen-bond donors (Lipinski definition) is 0. The molecule has 1 saturated heterocycles. The largest absolute Gasteiger partial charge is 0.300 e. The summed E-state index contributed by atoms with van der Waals surface area (Å²) in [6.07, 6.45) is 2.13. The Kier molecular flexibility index (Phi) is 3.74. The fourth-order valence-corrected chi connectivity index (χ4v) is 1.86. The molecular weight excluding hydrogens is 160 g/mol. The van der Waals surface area contributed by atoms with Crippen LogP contribution in [0.25, 0.3) is 0 Å². The van der Waals surface area contributed by atoms with Gasteiger partial charge in [-0.3, -0.25) is 0 Å². The molecule has 0 N–H and O–H groups in total. The third kappa shape index (κ3) is 2.70. The lowest BCUT2D eigenvalue weighted by Gasteiger charge is -2.36. The summed E-state index contributed by atoms with van der Waals surface area (Å²) in [5, 5.41) is 8.76. The molecule has 1 aliphatic rings. The molecule has 74 valence electrons. The van der Waals surface area contributed by atoms with Crippen molar-refractivity contribution in [2.75, 3.05) is 13.1 Å². The van der Waals surface area contributed by atoms with Gasteiger partial charge in [0.15, 0.2) is 0 Å². The molecule has 1 fully saturated rings. The summed E-state index contributed by atoms with van der Waals surface area (Å²) in [7, 11) is 0. The molecule has 0 saturated carbocycles. The monoisotopic (exact) mass is 180 g/mol. The Balaban J connectivity index is 2.37. The van der Waals surface area contributed by atoms with Crippen LogP contribution in [-0.4, -0.2) is 24.0 Å². The molecule has 1 atom stereocenters. The van der Waals surface area contributed by atoms with Crippen LogP contribution in [0, 0.1) is 23.2 Å². The van der Waals surface area contributed by atoms with E-state index in [1.54, 1.807) is 0 Å². The lowest BCUT2D eigenvalue weighted by molar-refractivity contribution is 0.127. The molecular formula is C11H20N2. The van der Waals surface area contributed by atoms with E-state index in [4.69, 9.17) is 5.26 Å². The average molecular weight is 180 g/mol. The van der Waals surface area contributed by atoms with E-state index in [0.717, 1.165) is 31.8 Å². The van der Waals surface area contributed by atoms with Crippen molar-refractivity contribution in [1.82, 2.24) is 4.90 Å². The minimum absolute atomic E-state index is 0.315. The zero-order valence-corrected chi connectivity index (χ0v) is 8.95. The minimum Gasteiger partial charge on any atom is -0.300 e. The smallest absolute Gasteiger partial charge is 0.0656 e. The van der Waals surface area contributed by atoms with Gasteiger partial charge in [0.25, 0.3) is 0 Å². The summed E-state index contributed by atoms with van der Waals surface area (Å²) in [5.74, 6) is 1.04. The quantitative estimate of drug-likeness (QED) is 0.652. The van der Waals surface area contributed by atoms with Gasteiger partial charge in [0, 0.05) is 12.0 Å². The fourth-order valence-electron chi connectivity index (χ4n) is 1.86. The van der Waals surface area contributed by atoms with Gasteiger partial charge in [-0.15, -0.1) is 0 Å². The SMILES string of the molecule is CC(C)C(C)N1CCC(C#N)CC1. The number of nitriles is 1. The number of likely N-dealkylation sites (tertiary alicyclic amines) is 1. The lowest BCUT2D eigenvalue weighted by atomic mass is 9.95. The molecule has 0 radical (unpaired) electrons. The van der Waals surface area contributed by atoms with Crippen molar-refractivity contribution in [1.29, 1.82) is 5.26 Å². The highest BCUT2D eigenvalue weighted by Gasteiger charge is 2.23. The molecule has 1 rings (SSSR count). The van der Waals surface area contributed by atoms with Crippen molar-refractivity contribution in [3.63, 3.8) is 0 Å². The molecule has 0 bridgehead atoms. The summed E-state index contributed by atoms with van der Waals surface area (Å²) < 4.78 is 0. The van der Waals surface area contributed by atoms with Gasteiger partial charge in [-0.1, -0.05) is 13.8 Å². The van der Waals surface area contributed by atoms with E-state index in [0.29, 0.717) is 12.0 Å². The summed E-state index contributed by atoms with van der Waals surface area (Å²) in [5.41, 5.74) is 0. The van der Waals surface area contributed by atoms with Crippen LogP contribution in [0.4, 0.5) is 0 Å². The molecule has 0 aliphatic carbocycles. The second kappa shape index (κ2) is 4.62. The molecule has 0 aromatic rings. The average Bonchev–Trinajstić information content (AvgIpc) is 2.17. The second-order valence-electron chi connectivity index (χ2n) is 4.42. The first-order valence-electron chi connectivity index (χ1n) is 5.28. The Labute approximate surface area is 81.5 Å². The third-order valence-corrected chi connectivity index (χ3v) is 3.25. The van der Waals surface area contributed by atoms with E-state index in [1.807, 2.05) is 0 Å². The van der Waals surface area contributed by atoms with Crippen molar-refractivity contribution < 1.29 is 0 Å². The highest BCUT2D eigenvalue weighted by atomic mass is 15.2. The van der Waals surface area contributed by atoms with Crippen LogP contribution in [0.5, 0.6) is 0 Å². The van der Waals surface area contributed by atoms with Gasteiger partial charge in [0.1, 0.15) is 0 Å². The fraction of sp³-hybridized carbons (Fsp3) is 0.909. The van der Waals surface area contributed by atoms with Gasteiger partial charge in [-0.25, -0.2) is 0 Å². The van der Waals surface area contributed by atoms with Gasteiger partial charge in [-0.05, 0) is 38.8 Å². The van der Waals surface area contributed by atoms with Gasteiger partial charge in [0.05, 0.1) is 6.07 Å². The predicted molar refractivity (Wildman–Crippen MR) is 54.2 cm³/mol. The zero-order valence-electron chi connectivity index (χ0n) is 8.95. The maximum Gasteiger partial charge on any atom is 0.0656 e. The topological polar surface area (TPSA) is 27.0 Å². The van der Waals surface area contributed by atoms with Gasteiger partial charge in [0.2, 0.25) is 0 Å². The Hall–Kier alpha value is -0.550. The van der Waals surface area contributed by atoms with Crippen LogP contribution in [-0.2, 0) is 0 Å². The Morgan fingerprint density at radius 3 is 2.15 bits per heavy atom. The van der Waals surface area contributed by atoms with E-state index in [2.05, 4.69) is 31.7 Å². The number of piperidine rings is 1. The molecule has 0 spiro atoms. The van der Waals surface area contributed by atoms with E-state index >= 15 is 0 Å². The standard InChI is InChI=1S/C11H20N2/c1-9(2)10(3)13-6-4-11(8-12)5-7-13/h9-11H,4-7H2,1-3H3. The van der Waals surface area contributed by atoms with Crippen LogP contribution in [0.3, 0.4) is 0 Å². The van der Waals surface area contributed by atoms with E-state index < -0.39 is 0 Å². The molecule has 1 unspecified atom stereocenters. The van der Waals surface area contributed by atoms with Crippen LogP contribution >= 0.6 is 0 Å². The zero-order chi connectivity index (χ0) is 9.84. The molecule has 1 heterocycles. The molecule has 0 aromatic heterocycles. The number of hydrogen-bond acceptors (Lipinski definition) is 2. The summed E-state index contributed by atoms with van der Waals surface area (Å²) >= 11 is 0. The van der Waals surface area contributed by atoms with Crippen molar-refractivity contribution >= 4 is 0 Å². The molecule has 2 heteroatoms. The van der Waals surface area contributed by atoms with Crippen LogP contribution in [0.2, 0.25) is 0 Å². The van der Waals surface area contributed by atoms with E-state index in [1.165, 1.54) is 0 Å². The maximum absolute atomic E-state index is 8.76. The first-order chi connectivity index (χ1) is 6.15. The molecule has 13 heavy (non-hydrogen) atoms. The highest BCUT2D eigenvalue weighted by molar-refractivity contribution is 4.88. The number of rotatable bonds is 2. The van der Waals surface area contributed by atoms with Gasteiger partial charge < -0.3 is 4.90 Å². The molecule has 1 aliphatic heterocycles. The Bertz CT molecular complexity index is 185. The van der Waals surface area contributed by atoms with Crippen LogP contribution < -0.4 is 0 Å². The van der Waals surface area contributed by atoms with E-state index in [9.17, 15) is 0 Å². The van der Waals surface area contributed by atoms with E-state index in [-0.39, 0.29) is 0 Å². The van der Waals surface area contributed by atoms with Gasteiger partial charge in [-0.2, -0.15) is 5.26 Å². The normalized spacial score (nSPS) is 23.0. The maximum atomic E-state index is 8.76. The number of nitrogens with zero attached hydrogens (tertiary/aromatic N) is 2. The van der Waals surface area contributed by atoms with Crippen LogP contribution in [0.15, 0.2) is 0 Å². The van der Waals surface area contributed by atoms with Crippen LogP contribution in [0.1, 0.15) is 33.6 Å². The second-order valence-corrected chi connectivity index (χ2v) is 4.42. The predicted octanol–water partition coefficient (Wildman–Crippen LogP) is 2.27. The van der Waals surface area contributed by atoms with Crippen molar-refractivity contribution in [2.45, 2.75) is 39.7 Å². The minimum atomic E-state index is 0.315. The Morgan fingerprint density at radius 1 is 1.23 bits per heavy atom. The van der Waals surface area contributed by atoms with Crippen molar-refractivity contribution in [3.8, 4) is 6.07 Å². The van der Waals surface area contributed by atoms with Crippen molar-refractivity contribution in [2.24, 2.45) is 11.8 Å². The lowest BCUT2D eigenvalue weighted by Crippen LogP contribution is -2.42. The molecule has 2 nitrogen and oxygen atoms in total. The third-order valence-electron chi connectivity index (χ3n) is 3.25. The van der Waals surface area contributed by atoms with Gasteiger partial charge >= 0.3 is 0 Å². The Morgan fingerprint density at radius 2 is 1.77 bits per heavy atom. The highest BCUT2D eigenvalue weighted by Crippen LogP contribution is 2.20. The molecule has 0 amide bonds. The van der Waals surface area contributed by atoms with Crippen molar-refractivity contribution in [3.05, 3.63) is 0 Å². The summed E-state index contributed by atoms with van der Waals surface area (Å²) in [6.45, 7) is 9.04. The first-order valence-corrected chi connectivity index (χ1v) is 5.28. The first kappa shape index (κ1) is 10.5. The molecule has 0 aromatic carbocycles.